The molecule has 184 valence electrons. The van der Waals surface area contributed by atoms with Gasteiger partial charge in [0.25, 0.3) is 0 Å². The molecule has 1 aromatic carbocycles. The molecule has 0 radical (unpaired) electrons. The van der Waals surface area contributed by atoms with Gasteiger partial charge >= 0.3 is 0 Å². The molecule has 4 atom stereocenters. The summed E-state index contributed by atoms with van der Waals surface area (Å²) in [7, 11) is 0. The smallest absolute Gasteiger partial charge is 0.0718 e. The van der Waals surface area contributed by atoms with Gasteiger partial charge in [-0.3, -0.25) is 0 Å². The number of thioether (sulfide) groups is 8. The summed E-state index contributed by atoms with van der Waals surface area (Å²) in [5, 5.41) is 0. The van der Waals surface area contributed by atoms with Crippen molar-refractivity contribution in [1.82, 2.24) is 0 Å². The summed E-state index contributed by atoms with van der Waals surface area (Å²) in [5.74, 6) is 2.76. The van der Waals surface area contributed by atoms with Crippen LogP contribution in [0.1, 0.15) is 42.2 Å². The van der Waals surface area contributed by atoms with Crippen LogP contribution in [0, 0.1) is 11.8 Å². The number of fused-ring (bicyclic) bond motifs is 8. The van der Waals surface area contributed by atoms with Crippen LogP contribution in [0.3, 0.4) is 0 Å². The van der Waals surface area contributed by atoms with Gasteiger partial charge in [0.05, 0.1) is 25.4 Å². The lowest BCUT2D eigenvalue weighted by Crippen LogP contribution is -1.96. The van der Waals surface area contributed by atoms with Crippen LogP contribution >= 0.6 is 94.1 Å². The van der Waals surface area contributed by atoms with Crippen molar-refractivity contribution in [2.45, 2.75) is 40.9 Å². The molecule has 8 heteroatoms. The van der Waals surface area contributed by atoms with Crippen LogP contribution in [0.4, 0.5) is 0 Å². The highest BCUT2D eigenvalue weighted by Gasteiger charge is 2.38. The molecule has 9 rings (SSSR count). The molecular weight excluding hydrogens is 605 g/mol. The molecule has 4 heterocycles. The van der Waals surface area contributed by atoms with Crippen molar-refractivity contribution in [2.24, 2.45) is 11.8 Å². The quantitative estimate of drug-likeness (QED) is 0.294. The highest BCUT2D eigenvalue weighted by atomic mass is 32.3. The van der Waals surface area contributed by atoms with Gasteiger partial charge in [-0.1, -0.05) is 137 Å². The lowest BCUT2D eigenvalue weighted by atomic mass is 9.97. The van der Waals surface area contributed by atoms with Gasteiger partial charge in [0.2, 0.25) is 0 Å². The van der Waals surface area contributed by atoms with E-state index in [2.05, 4.69) is 55.2 Å². The Morgan fingerprint density at radius 1 is 0.595 bits per heavy atom. The van der Waals surface area contributed by atoms with Gasteiger partial charge in [0.15, 0.2) is 0 Å². The summed E-state index contributed by atoms with van der Waals surface area (Å²) < 4.78 is 8.80. The Morgan fingerprint density at radius 3 is 1.68 bits per heavy atom. The first kappa shape index (κ1) is 23.6. The summed E-state index contributed by atoms with van der Waals surface area (Å²) in [5.41, 5.74) is 4.79. The Labute approximate surface area is 251 Å². The van der Waals surface area contributed by atoms with Crippen LogP contribution in [0.25, 0.3) is 0 Å². The van der Waals surface area contributed by atoms with Crippen molar-refractivity contribution in [1.29, 1.82) is 0 Å². The van der Waals surface area contributed by atoms with E-state index in [1.807, 2.05) is 94.1 Å². The Kier molecular flexibility index (Phi) is 5.73. The standard InChI is InChI=1S/C29H20S8/c1-2-20-21(10-17-8-13-3-4-14(17)7-13)31-25-24(30-20)34-28(35-25)29-36-26-27(37-29)33-23-12-19-16-6-5-15(9-16)18(19)11-22(23)32-26/h2-6,10-16H,1,7-9H2/b17-10+,29-28?. The molecule has 0 N–H and O–H groups in total. The third kappa shape index (κ3) is 3.83. The molecule has 0 amide bonds. The van der Waals surface area contributed by atoms with E-state index in [-0.39, 0.29) is 0 Å². The van der Waals surface area contributed by atoms with Crippen LogP contribution in [-0.2, 0) is 0 Å². The first-order chi connectivity index (χ1) is 18.2. The number of rotatable bonds is 2. The third-order valence-corrected chi connectivity index (χ3v) is 19.7. The average Bonchev–Trinajstić information content (AvgIpc) is 3.75. The molecule has 0 aromatic heterocycles. The van der Waals surface area contributed by atoms with E-state index in [0.717, 1.165) is 5.92 Å². The molecular formula is C29H20S8. The molecule has 4 aliphatic carbocycles. The van der Waals surface area contributed by atoms with Gasteiger partial charge in [-0.25, -0.2) is 0 Å². The van der Waals surface area contributed by atoms with Crippen molar-refractivity contribution < 1.29 is 0 Å². The van der Waals surface area contributed by atoms with Crippen LogP contribution in [0.15, 0.2) is 106 Å². The average molecular weight is 625 g/mol. The fraction of sp³-hybridized carbons (Fsp3) is 0.241. The zero-order valence-corrected chi connectivity index (χ0v) is 26.1. The van der Waals surface area contributed by atoms with Crippen LogP contribution < -0.4 is 0 Å². The van der Waals surface area contributed by atoms with E-state index in [9.17, 15) is 0 Å². The molecule has 0 nitrogen and oxygen atoms in total. The van der Waals surface area contributed by atoms with Crippen molar-refractivity contribution in [3.05, 3.63) is 107 Å². The van der Waals surface area contributed by atoms with Gasteiger partial charge in [-0.2, -0.15) is 0 Å². The molecule has 1 fully saturated rings. The first-order valence-corrected chi connectivity index (χ1v) is 19.0. The lowest BCUT2D eigenvalue weighted by Gasteiger charge is -2.20. The van der Waals surface area contributed by atoms with E-state index in [4.69, 9.17) is 0 Å². The number of hydrogen-bond donors (Lipinski definition) is 0. The van der Waals surface area contributed by atoms with Crippen LogP contribution in [0.2, 0.25) is 0 Å². The van der Waals surface area contributed by atoms with Crippen LogP contribution in [-0.4, -0.2) is 0 Å². The zero-order chi connectivity index (χ0) is 24.2. The fourth-order valence-electron chi connectivity index (χ4n) is 6.25. The van der Waals surface area contributed by atoms with Crippen molar-refractivity contribution in [2.75, 3.05) is 0 Å². The Balaban J connectivity index is 0.940. The lowest BCUT2D eigenvalue weighted by molar-refractivity contribution is 0.693. The summed E-state index contributed by atoms with van der Waals surface area (Å²) in [4.78, 5) is 5.65. The van der Waals surface area contributed by atoms with Gasteiger partial charge in [0.1, 0.15) is 0 Å². The monoisotopic (exact) mass is 624 g/mol. The van der Waals surface area contributed by atoms with E-state index >= 15 is 0 Å². The minimum Gasteiger partial charge on any atom is -0.0979 e. The summed E-state index contributed by atoms with van der Waals surface area (Å²) in [6.45, 7) is 4.16. The molecule has 4 bridgehead atoms. The normalized spacial score (nSPS) is 33.4. The van der Waals surface area contributed by atoms with Gasteiger partial charge in [-0.05, 0) is 60.4 Å². The highest BCUT2D eigenvalue weighted by Crippen LogP contribution is 2.71. The second-order valence-electron chi connectivity index (χ2n) is 10.1. The van der Waals surface area contributed by atoms with E-state index in [1.54, 1.807) is 16.7 Å². The van der Waals surface area contributed by atoms with E-state index < -0.39 is 0 Å². The second kappa shape index (κ2) is 8.97. The molecule has 1 aromatic rings. The molecule has 8 aliphatic rings. The molecule has 37 heavy (non-hydrogen) atoms. The Morgan fingerprint density at radius 2 is 1.14 bits per heavy atom. The summed E-state index contributed by atoms with van der Waals surface area (Å²) in [6, 6.07) is 5.02. The molecule has 0 spiro atoms. The minimum atomic E-state index is 0.656. The largest absolute Gasteiger partial charge is 0.0979 e. The van der Waals surface area contributed by atoms with Crippen molar-refractivity contribution in [3.8, 4) is 0 Å². The second-order valence-corrected chi connectivity index (χ2v) is 20.0. The maximum absolute atomic E-state index is 4.16. The number of allylic oxidation sites excluding steroid dienone is 7. The maximum atomic E-state index is 4.16. The number of benzene rings is 1. The third-order valence-electron chi connectivity index (χ3n) is 7.98. The highest BCUT2D eigenvalue weighted by molar-refractivity contribution is 8.46. The van der Waals surface area contributed by atoms with Gasteiger partial charge < -0.3 is 0 Å². The van der Waals surface area contributed by atoms with Gasteiger partial charge in [0, 0.05) is 31.4 Å². The van der Waals surface area contributed by atoms with Crippen molar-refractivity contribution >= 4 is 94.1 Å². The fourth-order valence-corrected chi connectivity index (χ4v) is 18.3. The minimum absolute atomic E-state index is 0.656. The van der Waals surface area contributed by atoms with E-state index in [1.165, 1.54) is 64.3 Å². The van der Waals surface area contributed by atoms with Crippen LogP contribution in [0.5, 0.6) is 0 Å². The van der Waals surface area contributed by atoms with Gasteiger partial charge in [-0.15, -0.1) is 0 Å². The molecule has 4 unspecified atom stereocenters. The summed E-state index contributed by atoms with van der Waals surface area (Å²) >= 11 is 15.9. The molecule has 1 saturated carbocycles. The predicted octanol–water partition coefficient (Wildman–Crippen LogP) is 11.8. The predicted molar refractivity (Wildman–Crippen MR) is 175 cm³/mol. The molecule has 4 aliphatic heterocycles. The zero-order valence-electron chi connectivity index (χ0n) is 19.5. The Bertz CT molecular complexity index is 1490. The SMILES string of the molecule is C=CC1=C(/C=C2\CC3C=CC2C3)SC2=C(S1)SC(=C1SC3=C(S1)Sc1cc4c(cc1S3)C1C=CC4C1)S2. The maximum Gasteiger partial charge on any atom is 0.0718 e. The molecule has 0 saturated heterocycles. The van der Waals surface area contributed by atoms with Crippen molar-refractivity contribution in [3.63, 3.8) is 0 Å². The van der Waals surface area contributed by atoms with E-state index in [0.29, 0.717) is 17.8 Å². The Hall–Kier alpha value is -0.0600. The first-order valence-electron chi connectivity index (χ1n) is 12.5. The summed E-state index contributed by atoms with van der Waals surface area (Å²) in [6.07, 6.45) is 18.1. The topological polar surface area (TPSA) is 0 Å². The number of hydrogen-bond acceptors (Lipinski definition) is 8.